The summed E-state index contributed by atoms with van der Waals surface area (Å²) in [5.41, 5.74) is -0.355. The number of imide groups is 1. The van der Waals surface area contributed by atoms with E-state index in [-0.39, 0.29) is 47.1 Å². The molecule has 4 aromatic rings. The Balaban J connectivity index is 0.000000410. The van der Waals surface area contributed by atoms with E-state index in [2.05, 4.69) is 10.6 Å². The number of hydrogen-bond donors (Lipinski definition) is 6. The van der Waals surface area contributed by atoms with Gasteiger partial charge in [-0.15, -0.1) is 0 Å². The van der Waals surface area contributed by atoms with Crippen molar-refractivity contribution in [3.05, 3.63) is 149 Å². The van der Waals surface area contributed by atoms with Crippen LogP contribution in [0.3, 0.4) is 0 Å². The van der Waals surface area contributed by atoms with Crippen LogP contribution < -0.4 is 16.4 Å². The largest absolute Gasteiger partial charge is 0.456 e. The van der Waals surface area contributed by atoms with E-state index in [0.29, 0.717) is 30.5 Å². The maximum atomic E-state index is 15.5. The predicted molar refractivity (Wildman–Crippen MR) is 283 cm³/mol. The molecule has 0 radical (unpaired) electrons. The normalized spacial score (nSPS) is 30.3. The summed E-state index contributed by atoms with van der Waals surface area (Å²) in [6, 6.07) is 30.3. The highest BCUT2D eigenvalue weighted by molar-refractivity contribution is 6.03. The number of hydrogen-bond acceptors (Lipinski definition) is 17. The quantitative estimate of drug-likeness (QED) is 0.0354. The van der Waals surface area contributed by atoms with Crippen molar-refractivity contribution >= 4 is 53.1 Å². The number of carbonyl (C=O) groups excluding carboxylic acids is 8. The zero-order chi connectivity index (χ0) is 57.4. The first-order valence-electron chi connectivity index (χ1n) is 26.3. The third-order valence-corrected chi connectivity index (χ3v) is 17.0. The Morgan fingerprint density at radius 3 is 1.96 bits per heavy atom. The lowest BCUT2D eigenvalue weighted by Crippen LogP contribution is -2.82. The Kier molecular flexibility index (Phi) is 16.2. The van der Waals surface area contributed by atoms with Crippen LogP contribution in [0.4, 0.5) is 5.69 Å². The van der Waals surface area contributed by atoms with E-state index in [4.69, 9.17) is 29.4 Å². The van der Waals surface area contributed by atoms with Crippen LogP contribution in [-0.4, -0.2) is 117 Å². The molecule has 2 bridgehead atoms. The number of ether oxygens (including phenoxy) is 5. The van der Waals surface area contributed by atoms with Crippen molar-refractivity contribution in [2.45, 2.75) is 140 Å². The minimum atomic E-state index is -2.39. The van der Waals surface area contributed by atoms with Crippen molar-refractivity contribution in [2.75, 3.05) is 12.3 Å². The highest BCUT2D eigenvalue weighted by Gasteiger charge is 2.78. The van der Waals surface area contributed by atoms with Crippen molar-refractivity contribution in [2.24, 2.45) is 16.7 Å². The molecule has 12 atom stereocenters. The summed E-state index contributed by atoms with van der Waals surface area (Å²) in [7, 11) is 0. The molecule has 4 aromatic carbocycles. The summed E-state index contributed by atoms with van der Waals surface area (Å²) in [4.78, 5) is 107. The van der Waals surface area contributed by atoms with E-state index in [1.54, 1.807) is 105 Å². The van der Waals surface area contributed by atoms with Gasteiger partial charge < -0.3 is 50.1 Å². The van der Waals surface area contributed by atoms with Gasteiger partial charge in [-0.3, -0.25) is 34.1 Å². The molecule has 4 fully saturated rings. The van der Waals surface area contributed by atoms with Crippen LogP contribution in [0, 0.1) is 16.7 Å². The summed E-state index contributed by atoms with van der Waals surface area (Å²) in [5.74, 6) is -7.22. The molecule has 2 aliphatic heterocycles. The number of nitrogen functional groups attached to an aromatic ring is 1. The van der Waals surface area contributed by atoms with Gasteiger partial charge in [-0.1, -0.05) is 99.6 Å². The van der Waals surface area contributed by atoms with E-state index < -0.39 is 118 Å². The standard InChI is InChI=1S/C47H51NO14.C13H16N2O2/c1-25-31(60-43(56)36(52)35(28-16-10-7-11-17-28)48-41(54)29-18-12-8-13-19-29)23-47(57)40(61-42(55)30-20-14-9-15-21-30)38-45(6,32(51)22-33-46(38,24-58-33)62-27(3)50)39(53)37(59-26(2)49)34(25)44(47,4)5;1-2-13(8-7-11(16)15-12(13)17)9-3-5-10(14)6-4-9/h7-21,31-33,35-38,40,51-52,57H,22-24H2,1-6H3,(H,48,54);3-6H,2,7-8,14H2,1H3,(H,15,16,17)/t31-,32-,33+,35-,36+,37+,38-,40-,45+,46-,47+;/m0./s1. The first-order valence-corrected chi connectivity index (χ1v) is 26.3. The molecule has 418 valence electrons. The lowest BCUT2D eigenvalue weighted by molar-refractivity contribution is -0.346. The van der Waals surface area contributed by atoms with Crippen molar-refractivity contribution in [3.63, 3.8) is 0 Å². The molecule has 3 aliphatic carbocycles. The molecular weight excluding hydrogens is 1020 g/mol. The molecule has 3 amide bonds. The Hall–Kier alpha value is -7.58. The van der Waals surface area contributed by atoms with Gasteiger partial charge in [-0.25, -0.2) is 9.59 Å². The third kappa shape index (κ3) is 10.4. The first kappa shape index (κ1) is 57.6. The van der Waals surface area contributed by atoms with Crippen LogP contribution in [0.5, 0.6) is 0 Å². The molecule has 9 rings (SSSR count). The number of ketones is 1. The third-order valence-electron chi connectivity index (χ3n) is 17.0. The van der Waals surface area contributed by atoms with Crippen molar-refractivity contribution in [1.29, 1.82) is 0 Å². The van der Waals surface area contributed by atoms with Gasteiger partial charge in [0, 0.05) is 49.8 Å². The number of nitrogens with one attached hydrogen (secondary N) is 2. The predicted octanol–water partition coefficient (Wildman–Crippen LogP) is 5.09. The van der Waals surface area contributed by atoms with Crippen molar-refractivity contribution in [3.8, 4) is 0 Å². The number of fused-ring (bicyclic) bond motifs is 5. The van der Waals surface area contributed by atoms with Gasteiger partial charge in [0.2, 0.25) is 11.8 Å². The number of carbonyl (C=O) groups is 8. The fourth-order valence-electron chi connectivity index (χ4n) is 12.6. The highest BCUT2D eigenvalue weighted by Crippen LogP contribution is 2.64. The average Bonchev–Trinajstić information content (AvgIpc) is 3.53. The minimum Gasteiger partial charge on any atom is -0.456 e. The molecule has 7 N–H and O–H groups in total. The molecular formula is C60H67N3O16. The van der Waals surface area contributed by atoms with Crippen LogP contribution in [0.1, 0.15) is 118 Å². The average molecular weight is 1090 g/mol. The van der Waals surface area contributed by atoms with E-state index in [9.17, 15) is 48.9 Å². The molecule has 19 heteroatoms. The van der Waals surface area contributed by atoms with Gasteiger partial charge in [-0.05, 0) is 85.4 Å². The number of aliphatic hydroxyl groups excluding tert-OH is 2. The van der Waals surface area contributed by atoms with Gasteiger partial charge in [0.1, 0.15) is 23.9 Å². The van der Waals surface area contributed by atoms with Gasteiger partial charge in [0.25, 0.3) is 5.91 Å². The van der Waals surface area contributed by atoms with Crippen molar-refractivity contribution < 1.29 is 77.4 Å². The zero-order valence-electron chi connectivity index (χ0n) is 45.1. The van der Waals surface area contributed by atoms with E-state index in [1.807, 2.05) is 19.1 Å². The molecule has 2 saturated heterocycles. The zero-order valence-corrected chi connectivity index (χ0v) is 45.1. The van der Waals surface area contributed by atoms with Gasteiger partial charge in [-0.2, -0.15) is 0 Å². The van der Waals surface area contributed by atoms with Crippen molar-refractivity contribution in [1.82, 2.24) is 10.6 Å². The van der Waals surface area contributed by atoms with Crippen LogP contribution in [-0.2, 0) is 57.9 Å². The molecule has 0 spiro atoms. The molecule has 1 unspecified atom stereocenters. The SMILES string of the molecule is CC(=O)O[C@H]1C(=O)[C@@]2(C)[C@H]([C@H](OC(=O)c3ccccc3)[C@]3(O)C[C@H](OC(=O)[C@H](O)[C@@H](NC(=O)c4ccccc4)c4ccccc4)C(C)=C1C3(C)C)[C@]1(OC(C)=O)CO[C@@H]1C[C@@H]2O.CCC1(c2ccc(N)cc2)CCC(=O)NC1=O. The Labute approximate surface area is 457 Å². The van der Waals surface area contributed by atoms with Crippen LogP contribution in [0.2, 0.25) is 0 Å². The lowest BCUT2D eigenvalue weighted by Gasteiger charge is -2.67. The van der Waals surface area contributed by atoms with Crippen LogP contribution in [0.25, 0.3) is 0 Å². The smallest absolute Gasteiger partial charge is 0.338 e. The van der Waals surface area contributed by atoms with Gasteiger partial charge in [0.15, 0.2) is 23.6 Å². The highest BCUT2D eigenvalue weighted by atomic mass is 16.6. The lowest BCUT2D eigenvalue weighted by atomic mass is 9.44. The summed E-state index contributed by atoms with van der Waals surface area (Å²) in [6.45, 7) is 9.94. The van der Waals surface area contributed by atoms with Gasteiger partial charge >= 0.3 is 23.9 Å². The number of benzene rings is 4. The Bertz CT molecular complexity index is 3040. The number of rotatable bonds is 12. The molecule has 19 nitrogen and oxygen atoms in total. The molecule has 79 heavy (non-hydrogen) atoms. The number of anilines is 1. The maximum absolute atomic E-state index is 15.5. The second kappa shape index (κ2) is 22.3. The second-order valence-electron chi connectivity index (χ2n) is 21.8. The van der Waals surface area contributed by atoms with Crippen LogP contribution >= 0.6 is 0 Å². The first-order chi connectivity index (χ1) is 37.4. The maximum Gasteiger partial charge on any atom is 0.338 e. The fourth-order valence-corrected chi connectivity index (χ4v) is 12.6. The minimum absolute atomic E-state index is 0.00289. The molecule has 0 aromatic heterocycles. The molecule has 2 saturated carbocycles. The van der Waals surface area contributed by atoms with Gasteiger partial charge in [0.05, 0.1) is 41.1 Å². The van der Waals surface area contributed by atoms with Crippen LogP contribution in [0.15, 0.2) is 126 Å². The Morgan fingerprint density at radius 1 is 0.823 bits per heavy atom. The topological polar surface area (TPSA) is 293 Å². The number of esters is 4. The second-order valence-corrected chi connectivity index (χ2v) is 21.8. The molecule has 2 heterocycles. The number of Topliss-reactive ketones (excluding diaryl/α,β-unsaturated/α-hetero) is 1. The molecule has 5 aliphatic rings. The number of piperidine rings is 1. The van der Waals surface area contributed by atoms with E-state index in [0.717, 1.165) is 19.4 Å². The summed E-state index contributed by atoms with van der Waals surface area (Å²) in [5, 5.41) is 42.7. The van der Waals surface area contributed by atoms with E-state index >= 15 is 4.79 Å². The summed E-state index contributed by atoms with van der Waals surface area (Å²) in [6.07, 6.45) is -8.87. The van der Waals surface area contributed by atoms with E-state index in [1.165, 1.54) is 26.0 Å². The monoisotopic (exact) mass is 1090 g/mol. The summed E-state index contributed by atoms with van der Waals surface area (Å²) < 4.78 is 30.3. The Morgan fingerprint density at radius 2 is 1.42 bits per heavy atom. The fraction of sp³-hybridized carbons (Fsp3) is 0.433. The summed E-state index contributed by atoms with van der Waals surface area (Å²) >= 11 is 0. The number of aliphatic hydroxyl groups is 3. The number of amides is 3. The number of nitrogens with two attached hydrogens (primary N) is 1.